The van der Waals surface area contributed by atoms with E-state index in [2.05, 4.69) is 0 Å². The van der Waals surface area contributed by atoms with Gasteiger partial charge in [-0.1, -0.05) is 18.2 Å². The van der Waals surface area contributed by atoms with E-state index in [-0.39, 0.29) is 6.09 Å². The summed E-state index contributed by atoms with van der Waals surface area (Å²) in [7, 11) is 0. The smallest absolute Gasteiger partial charge is 0.410 e. The number of hydrogen-bond acceptors (Lipinski definition) is 2. The van der Waals surface area contributed by atoms with Crippen LogP contribution in [0.15, 0.2) is 30.3 Å². The molecule has 1 saturated heterocycles. The number of hydrogen-bond donors (Lipinski definition) is 0. The van der Waals surface area contributed by atoms with Crippen LogP contribution in [-0.2, 0) is 5.11 Å². The van der Waals surface area contributed by atoms with Crippen LogP contribution in [0, 0.1) is 0 Å². The van der Waals surface area contributed by atoms with Gasteiger partial charge in [-0.3, -0.25) is 0 Å². The molecule has 16 heavy (non-hydrogen) atoms. The first kappa shape index (κ1) is 11.0. The lowest BCUT2D eigenvalue weighted by molar-refractivity contribution is 0.0313. The molecule has 2 rings (SSSR count). The molecule has 0 saturated carbocycles. The molecule has 0 aromatic heterocycles. The van der Waals surface area contributed by atoms with Gasteiger partial charge < -0.3 is 9.64 Å². The maximum atomic E-state index is 11.7. The number of nitrogens with zero attached hydrogens (tertiary/aromatic N) is 1. The fourth-order valence-corrected chi connectivity index (χ4v) is 1.69. The summed E-state index contributed by atoms with van der Waals surface area (Å²) in [6.45, 7) is 1.000. The zero-order chi connectivity index (χ0) is 11.4. The highest BCUT2D eigenvalue weighted by atomic mass is 16.6. The van der Waals surface area contributed by atoms with Crippen molar-refractivity contribution in [2.45, 2.75) is 18.9 Å². The van der Waals surface area contributed by atoms with Gasteiger partial charge in [-0.25, -0.2) is 9.90 Å². The topological polar surface area (TPSA) is 49.4 Å². The molecule has 85 valence electrons. The van der Waals surface area contributed by atoms with Crippen LogP contribution in [0.3, 0.4) is 0 Å². The fraction of sp³-hybridized carbons (Fsp3) is 0.417. The van der Waals surface area contributed by atoms with Crippen molar-refractivity contribution in [3.05, 3.63) is 30.3 Å². The molecule has 4 heteroatoms. The van der Waals surface area contributed by atoms with E-state index in [9.17, 15) is 9.90 Å². The second-order valence-electron chi connectivity index (χ2n) is 3.87. The Kier molecular flexibility index (Phi) is 3.41. The molecule has 1 aromatic rings. The van der Waals surface area contributed by atoms with E-state index in [1.54, 1.807) is 17.0 Å². The van der Waals surface area contributed by atoms with Crippen molar-refractivity contribution >= 4 is 6.09 Å². The van der Waals surface area contributed by atoms with E-state index in [1.807, 2.05) is 18.2 Å². The maximum Gasteiger partial charge on any atom is 0.415 e. The number of carbonyl (C=O) groups is 1. The summed E-state index contributed by atoms with van der Waals surface area (Å²) in [4.78, 5) is 13.3. The van der Waals surface area contributed by atoms with Crippen LogP contribution in [-0.4, -0.2) is 30.2 Å². The van der Waals surface area contributed by atoms with Crippen LogP contribution in [0.25, 0.3) is 0 Å². The van der Waals surface area contributed by atoms with Gasteiger partial charge in [0.05, 0.1) is 6.10 Å². The highest BCUT2D eigenvalue weighted by molar-refractivity contribution is 5.70. The number of likely N-dealkylation sites (tertiary alicyclic amines) is 1. The molecule has 1 heterocycles. The molecular weight excluding hydrogens is 206 g/mol. The Balaban J connectivity index is 1.89. The van der Waals surface area contributed by atoms with Gasteiger partial charge in [-0.2, -0.15) is 0 Å². The maximum absolute atomic E-state index is 11.7. The first-order valence-corrected chi connectivity index (χ1v) is 5.43. The molecule has 0 bridgehead atoms. The number of amides is 1. The highest BCUT2D eigenvalue weighted by Gasteiger charge is 2.23. The highest BCUT2D eigenvalue weighted by Crippen LogP contribution is 2.14. The predicted molar refractivity (Wildman–Crippen MR) is 57.7 cm³/mol. The second kappa shape index (κ2) is 4.99. The molecule has 1 aliphatic rings. The van der Waals surface area contributed by atoms with Gasteiger partial charge in [0.2, 0.25) is 0 Å². The number of rotatable bonds is 1. The lowest BCUT2D eigenvalue weighted by Gasteiger charge is -2.27. The number of ether oxygens (including phenoxy) is 1. The van der Waals surface area contributed by atoms with Gasteiger partial charge in [0.25, 0.3) is 0 Å². The Hall–Kier alpha value is -1.55. The molecule has 0 spiro atoms. The van der Waals surface area contributed by atoms with E-state index in [4.69, 9.17) is 4.74 Å². The van der Waals surface area contributed by atoms with Crippen LogP contribution in [0.2, 0.25) is 0 Å². The van der Waals surface area contributed by atoms with Crippen LogP contribution < -0.4 is 4.74 Å². The Morgan fingerprint density at radius 3 is 2.44 bits per heavy atom. The van der Waals surface area contributed by atoms with E-state index in [0.29, 0.717) is 31.7 Å². The van der Waals surface area contributed by atoms with Crippen molar-refractivity contribution < 1.29 is 14.6 Å². The molecule has 0 aliphatic carbocycles. The summed E-state index contributed by atoms with van der Waals surface area (Å²) in [5.41, 5.74) is 0. The van der Waals surface area contributed by atoms with E-state index in [1.165, 1.54) is 0 Å². The fourth-order valence-electron chi connectivity index (χ4n) is 1.69. The predicted octanol–water partition coefficient (Wildman–Crippen LogP) is 2.08. The minimum atomic E-state index is -0.527. The van der Waals surface area contributed by atoms with Gasteiger partial charge >= 0.3 is 6.09 Å². The summed E-state index contributed by atoms with van der Waals surface area (Å²) in [6, 6.07) is 8.95. The number of benzene rings is 1. The van der Waals surface area contributed by atoms with Crippen LogP contribution >= 0.6 is 0 Å². The van der Waals surface area contributed by atoms with Crippen molar-refractivity contribution in [3.63, 3.8) is 0 Å². The Morgan fingerprint density at radius 1 is 1.19 bits per heavy atom. The van der Waals surface area contributed by atoms with Gasteiger partial charge in [0.15, 0.2) is 0 Å². The quantitative estimate of drug-likeness (QED) is 0.727. The zero-order valence-electron chi connectivity index (χ0n) is 8.96. The third-order valence-electron chi connectivity index (χ3n) is 2.65. The van der Waals surface area contributed by atoms with Crippen LogP contribution in [0.5, 0.6) is 5.75 Å². The lowest BCUT2D eigenvalue weighted by Crippen LogP contribution is -2.41. The monoisotopic (exact) mass is 220 g/mol. The van der Waals surface area contributed by atoms with Gasteiger partial charge in [0, 0.05) is 13.1 Å². The molecule has 1 aliphatic heterocycles. The summed E-state index contributed by atoms with van der Waals surface area (Å²) in [5, 5.41) is 11.1. The van der Waals surface area contributed by atoms with Gasteiger partial charge in [-0.05, 0) is 25.0 Å². The normalized spacial score (nSPS) is 17.2. The molecule has 1 amide bonds. The lowest BCUT2D eigenvalue weighted by atomic mass is 10.1. The van der Waals surface area contributed by atoms with Gasteiger partial charge in [0.1, 0.15) is 5.75 Å². The summed E-state index contributed by atoms with van der Waals surface area (Å²) < 4.78 is 5.17. The molecule has 0 unspecified atom stereocenters. The molecule has 1 radical (unpaired) electrons. The summed E-state index contributed by atoms with van der Waals surface area (Å²) >= 11 is 0. The van der Waals surface area contributed by atoms with Crippen molar-refractivity contribution in [1.29, 1.82) is 0 Å². The van der Waals surface area contributed by atoms with Gasteiger partial charge in [-0.15, -0.1) is 0 Å². The first-order chi connectivity index (χ1) is 7.75. The van der Waals surface area contributed by atoms with Crippen molar-refractivity contribution in [2.75, 3.05) is 13.1 Å². The minimum absolute atomic E-state index is 0.363. The van der Waals surface area contributed by atoms with E-state index < -0.39 is 6.10 Å². The summed E-state index contributed by atoms with van der Waals surface area (Å²) in [5.74, 6) is 0.539. The standard InChI is InChI=1S/C12H14NO3/c14-10-6-8-13(9-7-10)12(15)16-11-4-2-1-3-5-11/h1-5,10H,6-9H2. The summed E-state index contributed by atoms with van der Waals surface area (Å²) in [6.07, 6.45) is 0.146. The molecule has 0 N–H and O–H groups in total. The van der Waals surface area contributed by atoms with E-state index in [0.717, 1.165) is 0 Å². The third kappa shape index (κ3) is 2.73. The Bertz CT molecular complexity index is 345. The van der Waals surface area contributed by atoms with Crippen molar-refractivity contribution in [2.24, 2.45) is 0 Å². The average molecular weight is 220 g/mol. The molecule has 4 nitrogen and oxygen atoms in total. The number of para-hydroxylation sites is 1. The van der Waals surface area contributed by atoms with Crippen LogP contribution in [0.4, 0.5) is 4.79 Å². The second-order valence-corrected chi connectivity index (χ2v) is 3.87. The van der Waals surface area contributed by atoms with Crippen molar-refractivity contribution in [3.8, 4) is 5.75 Å². The van der Waals surface area contributed by atoms with Crippen molar-refractivity contribution in [1.82, 2.24) is 4.90 Å². The minimum Gasteiger partial charge on any atom is -0.410 e. The molecule has 0 atom stereocenters. The SMILES string of the molecule is [O]C1CCN(C(=O)Oc2ccccc2)CC1. The first-order valence-electron chi connectivity index (χ1n) is 5.43. The zero-order valence-corrected chi connectivity index (χ0v) is 8.96. The third-order valence-corrected chi connectivity index (χ3v) is 2.65. The largest absolute Gasteiger partial charge is 0.415 e. The number of piperidine rings is 1. The molecule has 1 fully saturated rings. The Morgan fingerprint density at radius 2 is 1.81 bits per heavy atom. The molecular formula is C12H14NO3. The average Bonchev–Trinajstić information content (AvgIpc) is 2.31. The van der Waals surface area contributed by atoms with E-state index >= 15 is 0 Å². The van der Waals surface area contributed by atoms with Crippen LogP contribution in [0.1, 0.15) is 12.8 Å². The molecule has 1 aromatic carbocycles. The Labute approximate surface area is 94.4 Å². The number of carbonyl (C=O) groups excluding carboxylic acids is 1.